The minimum atomic E-state index is -1.09. The summed E-state index contributed by atoms with van der Waals surface area (Å²) in [6.45, 7) is 2.12. The molecule has 1 heterocycles. The number of aryl methyl sites for hydroxylation is 1. The summed E-state index contributed by atoms with van der Waals surface area (Å²) in [5, 5.41) is 8.64. The van der Waals surface area contributed by atoms with Crippen LogP contribution in [0.5, 0.6) is 11.8 Å². The number of hydrogen-bond acceptors (Lipinski definition) is 6. The molecule has 0 aliphatic carbocycles. The molecule has 2 aromatic rings. The Hall–Kier alpha value is -3.01. The number of ether oxygens (including phenoxy) is 2. The summed E-state index contributed by atoms with van der Waals surface area (Å²) in [5.74, 6) is -0.858. The molecule has 0 fully saturated rings. The van der Waals surface area contributed by atoms with E-state index in [1.807, 2.05) is 0 Å². The smallest absolute Gasteiger partial charge is 0.395 e. The molecule has 0 unspecified atom stereocenters. The van der Waals surface area contributed by atoms with E-state index < -0.39 is 12.0 Å². The second-order valence-electron chi connectivity index (χ2n) is 5.04. The molecule has 0 spiro atoms. The molecular weight excluding hydrogens is 313 g/mol. The lowest BCUT2D eigenvalue weighted by atomic mass is 10.1. The summed E-state index contributed by atoms with van der Waals surface area (Å²) in [5.41, 5.74) is 0.816. The second kappa shape index (κ2) is 8.58. The van der Waals surface area contributed by atoms with Crippen molar-refractivity contribution in [1.29, 1.82) is 5.26 Å². The zero-order chi connectivity index (χ0) is 17.4. The molecule has 7 heteroatoms. The van der Waals surface area contributed by atoms with E-state index in [1.54, 1.807) is 18.5 Å². The minimum Gasteiger partial charge on any atom is -0.395 e. The van der Waals surface area contributed by atoms with Crippen LogP contribution in [-0.2, 0) is 6.42 Å². The van der Waals surface area contributed by atoms with E-state index in [1.165, 1.54) is 12.1 Å². The van der Waals surface area contributed by atoms with Crippen molar-refractivity contribution < 1.29 is 18.7 Å². The Morgan fingerprint density at radius 3 is 2.62 bits per heavy atom. The zero-order valence-corrected chi connectivity index (χ0v) is 13.2. The van der Waals surface area contributed by atoms with Gasteiger partial charge in [0, 0.05) is 18.5 Å². The Bertz CT molecular complexity index is 742. The molecule has 124 valence electrons. The lowest BCUT2D eigenvalue weighted by Crippen LogP contribution is -2.15. The van der Waals surface area contributed by atoms with Gasteiger partial charge in [-0.05, 0) is 30.5 Å². The van der Waals surface area contributed by atoms with Crippen molar-refractivity contribution in [2.24, 2.45) is 0 Å². The van der Waals surface area contributed by atoms with Crippen LogP contribution in [0.1, 0.15) is 37.3 Å². The van der Waals surface area contributed by atoms with Crippen molar-refractivity contribution in [2.75, 3.05) is 0 Å². The first-order valence-electron chi connectivity index (χ1n) is 7.52. The van der Waals surface area contributed by atoms with Crippen molar-refractivity contribution in [3.8, 4) is 17.8 Å². The number of carbonyl (C=O) groups excluding carboxylic acids is 1. The molecule has 2 rings (SSSR count). The topological polar surface area (TPSA) is 85.1 Å². The van der Waals surface area contributed by atoms with Gasteiger partial charge >= 0.3 is 12.2 Å². The summed E-state index contributed by atoms with van der Waals surface area (Å²) in [4.78, 5) is 19.5. The van der Waals surface area contributed by atoms with Crippen LogP contribution in [0.15, 0.2) is 30.6 Å². The van der Waals surface area contributed by atoms with Crippen molar-refractivity contribution in [2.45, 2.75) is 32.6 Å². The Labute approximate surface area is 138 Å². The first-order chi connectivity index (χ1) is 11.6. The normalized spacial score (nSPS) is 10.0. The Balaban J connectivity index is 1.90. The van der Waals surface area contributed by atoms with Gasteiger partial charge in [-0.2, -0.15) is 5.26 Å². The summed E-state index contributed by atoms with van der Waals surface area (Å²) < 4.78 is 23.1. The van der Waals surface area contributed by atoms with Crippen molar-refractivity contribution in [1.82, 2.24) is 9.97 Å². The number of carbonyl (C=O) groups is 1. The molecule has 0 N–H and O–H groups in total. The molecular formula is C17H16FN3O3. The van der Waals surface area contributed by atoms with Gasteiger partial charge in [0.15, 0.2) is 0 Å². The average molecular weight is 329 g/mol. The monoisotopic (exact) mass is 329 g/mol. The molecule has 6 nitrogen and oxygen atoms in total. The minimum absolute atomic E-state index is 0.0762. The van der Waals surface area contributed by atoms with Crippen LogP contribution >= 0.6 is 0 Å². The molecule has 1 aromatic heterocycles. The summed E-state index contributed by atoms with van der Waals surface area (Å²) in [6, 6.07) is 4.96. The maximum Gasteiger partial charge on any atom is 0.521 e. The predicted molar refractivity (Wildman–Crippen MR) is 83.0 cm³/mol. The lowest BCUT2D eigenvalue weighted by Gasteiger charge is -2.05. The number of unbranched alkanes of at least 4 members (excludes halogenated alkanes) is 2. The van der Waals surface area contributed by atoms with Gasteiger partial charge in [-0.15, -0.1) is 0 Å². The summed E-state index contributed by atoms with van der Waals surface area (Å²) in [6.07, 6.45) is 6.27. The van der Waals surface area contributed by atoms with Crippen LogP contribution < -0.4 is 9.47 Å². The maximum absolute atomic E-state index is 13.4. The third kappa shape index (κ3) is 5.02. The summed E-state index contributed by atoms with van der Waals surface area (Å²) in [7, 11) is 0. The molecule has 24 heavy (non-hydrogen) atoms. The van der Waals surface area contributed by atoms with Crippen molar-refractivity contribution in [3.63, 3.8) is 0 Å². The highest BCUT2D eigenvalue weighted by molar-refractivity contribution is 5.66. The van der Waals surface area contributed by atoms with Crippen LogP contribution in [0.2, 0.25) is 0 Å². The van der Waals surface area contributed by atoms with Gasteiger partial charge in [0.25, 0.3) is 0 Å². The highest BCUT2D eigenvalue weighted by atomic mass is 19.1. The number of benzene rings is 1. The number of hydrogen-bond donors (Lipinski definition) is 0. The van der Waals surface area contributed by atoms with Gasteiger partial charge in [-0.1, -0.05) is 19.8 Å². The van der Waals surface area contributed by atoms with Gasteiger partial charge in [0.05, 0.1) is 5.56 Å². The van der Waals surface area contributed by atoms with E-state index in [-0.39, 0.29) is 17.3 Å². The van der Waals surface area contributed by atoms with Gasteiger partial charge in [0.2, 0.25) is 0 Å². The molecule has 0 bridgehead atoms. The Morgan fingerprint density at radius 2 is 2.00 bits per heavy atom. The molecule has 0 saturated carbocycles. The highest BCUT2D eigenvalue weighted by Gasteiger charge is 2.12. The van der Waals surface area contributed by atoms with E-state index in [4.69, 9.17) is 14.7 Å². The van der Waals surface area contributed by atoms with E-state index in [9.17, 15) is 9.18 Å². The van der Waals surface area contributed by atoms with Crippen LogP contribution in [-0.4, -0.2) is 16.1 Å². The van der Waals surface area contributed by atoms with Crippen molar-refractivity contribution in [3.05, 3.63) is 47.5 Å². The largest absolute Gasteiger partial charge is 0.521 e. The fourth-order valence-corrected chi connectivity index (χ4v) is 1.95. The maximum atomic E-state index is 13.4. The molecule has 0 atom stereocenters. The van der Waals surface area contributed by atoms with Crippen LogP contribution in [0, 0.1) is 17.1 Å². The summed E-state index contributed by atoms with van der Waals surface area (Å²) >= 11 is 0. The van der Waals surface area contributed by atoms with E-state index in [0.29, 0.717) is 0 Å². The average Bonchev–Trinajstić information content (AvgIpc) is 2.57. The molecule has 0 saturated heterocycles. The molecule has 0 aliphatic heterocycles. The third-order valence-electron chi connectivity index (χ3n) is 3.19. The third-order valence-corrected chi connectivity index (χ3v) is 3.19. The number of nitrogens with zero attached hydrogens (tertiary/aromatic N) is 3. The molecule has 1 aromatic carbocycles. The van der Waals surface area contributed by atoms with E-state index in [0.717, 1.165) is 37.3 Å². The zero-order valence-electron chi connectivity index (χ0n) is 13.2. The SMILES string of the molecule is CCCCCc1cnc(OC(=O)Oc2ccc(C#N)c(F)c2)nc1. The van der Waals surface area contributed by atoms with Gasteiger partial charge in [-0.3, -0.25) is 0 Å². The number of nitriles is 1. The van der Waals surface area contributed by atoms with Gasteiger partial charge in [0.1, 0.15) is 17.6 Å². The van der Waals surface area contributed by atoms with E-state index in [2.05, 4.69) is 16.9 Å². The van der Waals surface area contributed by atoms with Crippen LogP contribution in [0.4, 0.5) is 9.18 Å². The fourth-order valence-electron chi connectivity index (χ4n) is 1.95. The van der Waals surface area contributed by atoms with E-state index >= 15 is 0 Å². The first-order valence-corrected chi connectivity index (χ1v) is 7.52. The molecule has 0 aliphatic rings. The van der Waals surface area contributed by atoms with Crippen LogP contribution in [0.25, 0.3) is 0 Å². The number of rotatable bonds is 6. The van der Waals surface area contributed by atoms with Gasteiger partial charge < -0.3 is 9.47 Å². The van der Waals surface area contributed by atoms with Crippen molar-refractivity contribution >= 4 is 6.16 Å². The highest BCUT2D eigenvalue weighted by Crippen LogP contribution is 2.17. The molecule has 0 radical (unpaired) electrons. The predicted octanol–water partition coefficient (Wildman–Crippen LogP) is 3.80. The Morgan fingerprint density at radius 1 is 1.25 bits per heavy atom. The molecule has 0 amide bonds. The Kier molecular flexibility index (Phi) is 6.20. The second-order valence-corrected chi connectivity index (χ2v) is 5.04. The standard InChI is InChI=1S/C17H16FN3O3/c1-2-3-4-5-12-10-20-16(21-11-12)24-17(22)23-14-7-6-13(9-19)15(18)8-14/h6-8,10-11H,2-5H2,1H3. The number of halogens is 1. The fraction of sp³-hybridized carbons (Fsp3) is 0.294. The van der Waals surface area contributed by atoms with Gasteiger partial charge in [-0.25, -0.2) is 19.2 Å². The first kappa shape index (κ1) is 17.3. The van der Waals surface area contributed by atoms with Crippen LogP contribution in [0.3, 0.4) is 0 Å². The lowest BCUT2D eigenvalue weighted by molar-refractivity contribution is 0.147. The quantitative estimate of drug-likeness (QED) is 0.455. The number of aromatic nitrogens is 2.